The highest BCUT2D eigenvalue weighted by Gasteiger charge is 2.19. The van der Waals surface area contributed by atoms with E-state index in [0.29, 0.717) is 11.1 Å². The van der Waals surface area contributed by atoms with E-state index in [0.717, 1.165) is 66.5 Å². The van der Waals surface area contributed by atoms with E-state index >= 15 is 0 Å². The van der Waals surface area contributed by atoms with Gasteiger partial charge in [0.05, 0.1) is 45.0 Å². The summed E-state index contributed by atoms with van der Waals surface area (Å²) in [6.07, 6.45) is 3.68. The van der Waals surface area contributed by atoms with E-state index in [4.69, 9.17) is 0 Å². The van der Waals surface area contributed by atoms with Crippen molar-refractivity contribution in [2.24, 2.45) is 0 Å². The molecule has 9 aromatic rings. The van der Waals surface area contributed by atoms with Gasteiger partial charge in [-0.2, -0.15) is 10.5 Å². The summed E-state index contributed by atoms with van der Waals surface area (Å²) in [7, 11) is 0. The van der Waals surface area contributed by atoms with E-state index < -0.39 is 0 Å². The van der Waals surface area contributed by atoms with Crippen LogP contribution in [0.4, 0.5) is 0 Å². The second-order valence-electron chi connectivity index (χ2n) is 11.8. The summed E-state index contributed by atoms with van der Waals surface area (Å²) in [4.78, 5) is 4.39. The molecule has 0 aliphatic heterocycles. The smallest absolute Gasteiger partial charge is 0.101 e. The van der Waals surface area contributed by atoms with Crippen LogP contribution in [0.25, 0.3) is 77.2 Å². The third-order valence-electron chi connectivity index (χ3n) is 9.32. The van der Waals surface area contributed by atoms with Crippen molar-refractivity contribution in [2.45, 2.75) is 0 Å². The highest BCUT2D eigenvalue weighted by atomic mass is 15.0. The fraction of sp³-hybridized carbons (Fsp3) is 0. The lowest BCUT2D eigenvalue weighted by Crippen LogP contribution is -2.01. The molecule has 0 atom stereocenters. The normalized spacial score (nSPS) is 11.3. The first-order chi connectivity index (χ1) is 23.7. The minimum Gasteiger partial charge on any atom is -0.309 e. The van der Waals surface area contributed by atoms with Crippen LogP contribution in [0, 0.1) is 22.7 Å². The molecular weight excluding hydrogens is 587 g/mol. The van der Waals surface area contributed by atoms with Crippen molar-refractivity contribution in [2.75, 3.05) is 0 Å². The number of nitriles is 2. The molecule has 0 radical (unpaired) electrons. The van der Waals surface area contributed by atoms with Gasteiger partial charge in [0.1, 0.15) is 6.07 Å². The Kier molecular flexibility index (Phi) is 6.18. The van der Waals surface area contributed by atoms with Gasteiger partial charge in [0.15, 0.2) is 0 Å². The SMILES string of the molecule is N#Cc1cc(-n2c3ccccc3c3ccccc32)ccc1-c1ccc(-c2cccc(C#N)c2-n2c3ccccc3c3cnccc32)cc1. The monoisotopic (exact) mass is 611 g/mol. The van der Waals surface area contributed by atoms with Gasteiger partial charge in [-0.15, -0.1) is 0 Å². The van der Waals surface area contributed by atoms with Crippen molar-refractivity contribution in [3.63, 3.8) is 0 Å². The van der Waals surface area contributed by atoms with Crippen LogP contribution in [0.2, 0.25) is 0 Å². The van der Waals surface area contributed by atoms with E-state index in [9.17, 15) is 10.5 Å². The van der Waals surface area contributed by atoms with Crippen LogP contribution in [0.3, 0.4) is 0 Å². The van der Waals surface area contributed by atoms with E-state index in [1.807, 2.05) is 48.7 Å². The number of benzene rings is 6. The Bertz CT molecular complexity index is 2700. The Hall–Kier alpha value is -6.95. The zero-order valence-corrected chi connectivity index (χ0v) is 25.7. The average Bonchev–Trinajstić information content (AvgIpc) is 3.67. The van der Waals surface area contributed by atoms with Gasteiger partial charge in [-0.25, -0.2) is 0 Å². The molecule has 222 valence electrons. The highest BCUT2D eigenvalue weighted by molar-refractivity contribution is 6.10. The van der Waals surface area contributed by atoms with Gasteiger partial charge in [-0.1, -0.05) is 97.1 Å². The fourth-order valence-electron chi connectivity index (χ4n) is 7.21. The molecule has 0 fully saturated rings. The van der Waals surface area contributed by atoms with Crippen molar-refractivity contribution >= 4 is 43.6 Å². The molecule has 0 amide bonds. The van der Waals surface area contributed by atoms with Crippen LogP contribution in [-0.4, -0.2) is 14.1 Å². The number of fused-ring (bicyclic) bond motifs is 6. The molecule has 0 aliphatic carbocycles. The van der Waals surface area contributed by atoms with Gasteiger partial charge >= 0.3 is 0 Å². The molecule has 0 saturated carbocycles. The van der Waals surface area contributed by atoms with Gasteiger partial charge < -0.3 is 9.13 Å². The number of pyridine rings is 1. The van der Waals surface area contributed by atoms with Crippen molar-refractivity contribution in [3.8, 4) is 45.8 Å². The first-order valence-electron chi connectivity index (χ1n) is 15.8. The molecular formula is C43H25N5. The Morgan fingerprint density at radius 3 is 1.67 bits per heavy atom. The van der Waals surface area contributed by atoms with Crippen LogP contribution in [-0.2, 0) is 0 Å². The van der Waals surface area contributed by atoms with E-state index in [-0.39, 0.29) is 0 Å². The summed E-state index contributed by atoms with van der Waals surface area (Å²) in [5, 5.41) is 25.1. The molecule has 5 nitrogen and oxygen atoms in total. The van der Waals surface area contributed by atoms with E-state index in [1.54, 1.807) is 6.20 Å². The molecule has 0 bridgehead atoms. The van der Waals surface area contributed by atoms with Gasteiger partial charge in [-0.3, -0.25) is 4.98 Å². The number of aromatic nitrogens is 3. The molecule has 0 unspecified atom stereocenters. The maximum Gasteiger partial charge on any atom is 0.101 e. The van der Waals surface area contributed by atoms with Crippen LogP contribution < -0.4 is 0 Å². The Balaban J connectivity index is 1.17. The molecule has 0 N–H and O–H groups in total. The quantitative estimate of drug-likeness (QED) is 0.199. The van der Waals surface area contributed by atoms with Crippen molar-refractivity contribution in [1.29, 1.82) is 10.5 Å². The highest BCUT2D eigenvalue weighted by Crippen LogP contribution is 2.39. The van der Waals surface area contributed by atoms with Crippen molar-refractivity contribution in [1.82, 2.24) is 14.1 Å². The second-order valence-corrected chi connectivity index (χ2v) is 11.8. The summed E-state index contributed by atoms with van der Waals surface area (Å²) in [6, 6.07) is 52.1. The number of hydrogen-bond acceptors (Lipinski definition) is 3. The molecule has 5 heteroatoms. The van der Waals surface area contributed by atoms with Crippen molar-refractivity contribution < 1.29 is 0 Å². The minimum absolute atomic E-state index is 0.587. The van der Waals surface area contributed by atoms with Crippen LogP contribution >= 0.6 is 0 Å². The lowest BCUT2D eigenvalue weighted by atomic mass is 9.95. The Morgan fingerprint density at radius 2 is 1.02 bits per heavy atom. The lowest BCUT2D eigenvalue weighted by Gasteiger charge is -2.16. The molecule has 0 spiro atoms. The fourth-order valence-corrected chi connectivity index (χ4v) is 7.21. The average molecular weight is 612 g/mol. The van der Waals surface area contributed by atoms with Crippen LogP contribution in [0.15, 0.2) is 152 Å². The summed E-state index contributed by atoms with van der Waals surface area (Å²) in [5.41, 5.74) is 10.9. The molecule has 9 rings (SSSR count). The standard InChI is InChI=1S/C43H25N5/c44-25-30-8-7-12-34(43(30)48-41-15-6-3-11-37(41)38-27-46-23-22-42(38)48)29-18-16-28(17-19-29)33-21-20-32(24-31(33)26-45)47-39-13-4-1-9-35(39)36-10-2-5-14-40(36)47/h1-24,27H. The maximum atomic E-state index is 10.3. The largest absolute Gasteiger partial charge is 0.309 e. The predicted molar refractivity (Wildman–Crippen MR) is 193 cm³/mol. The number of hydrogen-bond donors (Lipinski definition) is 0. The second kappa shape index (κ2) is 10.8. The molecule has 48 heavy (non-hydrogen) atoms. The van der Waals surface area contributed by atoms with Gasteiger partial charge in [-0.05, 0) is 59.2 Å². The Morgan fingerprint density at radius 1 is 0.458 bits per heavy atom. The minimum atomic E-state index is 0.587. The zero-order valence-electron chi connectivity index (χ0n) is 25.7. The number of rotatable bonds is 4. The molecule has 0 aliphatic rings. The molecule has 3 heterocycles. The first kappa shape index (κ1) is 27.4. The number of para-hydroxylation sites is 4. The zero-order chi connectivity index (χ0) is 32.2. The van der Waals surface area contributed by atoms with E-state index in [1.165, 1.54) is 10.8 Å². The third kappa shape index (κ3) is 4.06. The molecule has 6 aromatic carbocycles. The van der Waals surface area contributed by atoms with Gasteiger partial charge in [0.2, 0.25) is 0 Å². The lowest BCUT2D eigenvalue weighted by molar-refractivity contribution is 1.16. The van der Waals surface area contributed by atoms with Gasteiger partial charge in [0, 0.05) is 45.2 Å². The van der Waals surface area contributed by atoms with Crippen LogP contribution in [0.1, 0.15) is 11.1 Å². The maximum absolute atomic E-state index is 10.3. The van der Waals surface area contributed by atoms with Crippen molar-refractivity contribution in [3.05, 3.63) is 163 Å². The third-order valence-corrected chi connectivity index (χ3v) is 9.32. The summed E-state index contributed by atoms with van der Waals surface area (Å²) < 4.78 is 4.40. The van der Waals surface area contributed by atoms with Gasteiger partial charge in [0.25, 0.3) is 0 Å². The first-order valence-corrected chi connectivity index (χ1v) is 15.8. The van der Waals surface area contributed by atoms with E-state index in [2.05, 4.69) is 123 Å². The Labute approximate surface area is 276 Å². The summed E-state index contributed by atoms with van der Waals surface area (Å²) in [6.45, 7) is 0. The predicted octanol–water partition coefficient (Wildman–Crippen LogP) is 10.4. The number of nitrogens with zero attached hydrogens (tertiary/aromatic N) is 5. The topological polar surface area (TPSA) is 70.3 Å². The summed E-state index contributed by atoms with van der Waals surface area (Å²) >= 11 is 0. The summed E-state index contributed by atoms with van der Waals surface area (Å²) in [5.74, 6) is 0. The molecule has 3 aromatic heterocycles. The molecule has 0 saturated heterocycles. The van der Waals surface area contributed by atoms with Crippen LogP contribution in [0.5, 0.6) is 0 Å².